The summed E-state index contributed by atoms with van der Waals surface area (Å²) in [6, 6.07) is 10.4. The van der Waals surface area contributed by atoms with E-state index in [-0.39, 0.29) is 18.5 Å². The summed E-state index contributed by atoms with van der Waals surface area (Å²) in [5.41, 5.74) is 1.33. The van der Waals surface area contributed by atoms with E-state index in [2.05, 4.69) is 29.6 Å². The molecule has 1 unspecified atom stereocenters. The lowest BCUT2D eigenvalue weighted by Crippen LogP contribution is -2.34. The molecule has 1 aromatic rings. The Hall–Kier alpha value is -0.570. The zero-order chi connectivity index (χ0) is 11.2. The fourth-order valence-electron chi connectivity index (χ4n) is 2.42. The SMILES string of the molecule is Cl.OC(CCc1ccccc1)C1CCNCC1. The minimum Gasteiger partial charge on any atom is -0.393 e. The summed E-state index contributed by atoms with van der Waals surface area (Å²) in [4.78, 5) is 0. The van der Waals surface area contributed by atoms with Gasteiger partial charge in [-0.25, -0.2) is 0 Å². The van der Waals surface area contributed by atoms with Crippen molar-refractivity contribution in [3.8, 4) is 0 Å². The minimum absolute atomic E-state index is 0. The molecule has 2 nitrogen and oxygen atoms in total. The van der Waals surface area contributed by atoms with Crippen LogP contribution in [0.4, 0.5) is 0 Å². The van der Waals surface area contributed by atoms with Crippen LogP contribution < -0.4 is 5.32 Å². The topological polar surface area (TPSA) is 32.3 Å². The fraction of sp³-hybridized carbons (Fsp3) is 0.571. The Morgan fingerprint density at radius 2 is 1.82 bits per heavy atom. The van der Waals surface area contributed by atoms with Gasteiger partial charge in [0.2, 0.25) is 0 Å². The monoisotopic (exact) mass is 255 g/mol. The number of nitrogens with one attached hydrogen (secondary N) is 1. The first kappa shape index (κ1) is 14.5. The molecule has 96 valence electrons. The summed E-state index contributed by atoms with van der Waals surface area (Å²) < 4.78 is 0. The summed E-state index contributed by atoms with van der Waals surface area (Å²) in [6.45, 7) is 2.13. The summed E-state index contributed by atoms with van der Waals surface area (Å²) in [5, 5.41) is 13.4. The molecule has 17 heavy (non-hydrogen) atoms. The molecule has 2 N–H and O–H groups in total. The maximum absolute atomic E-state index is 10.1. The van der Waals surface area contributed by atoms with Crippen LogP contribution in [0.15, 0.2) is 30.3 Å². The smallest absolute Gasteiger partial charge is 0.0572 e. The van der Waals surface area contributed by atoms with Gasteiger partial charge in [-0.05, 0) is 50.3 Å². The Kier molecular flexibility index (Phi) is 6.56. The highest BCUT2D eigenvalue weighted by Gasteiger charge is 2.20. The van der Waals surface area contributed by atoms with Crippen LogP contribution in [0.2, 0.25) is 0 Å². The van der Waals surface area contributed by atoms with Gasteiger partial charge in [-0.15, -0.1) is 12.4 Å². The third kappa shape index (κ3) is 4.66. The van der Waals surface area contributed by atoms with Crippen LogP contribution in [-0.4, -0.2) is 24.3 Å². The number of aliphatic hydroxyl groups is 1. The molecular formula is C14H22ClNO. The standard InChI is InChI=1S/C14H21NO.ClH/c16-14(13-8-10-15-11-9-13)7-6-12-4-2-1-3-5-12;/h1-5,13-16H,6-11H2;1H. The maximum atomic E-state index is 10.1. The minimum atomic E-state index is -0.123. The van der Waals surface area contributed by atoms with Crippen molar-refractivity contribution in [2.75, 3.05) is 13.1 Å². The Balaban J connectivity index is 0.00000144. The number of piperidine rings is 1. The molecule has 0 spiro atoms. The van der Waals surface area contributed by atoms with Crippen LogP contribution in [-0.2, 0) is 6.42 Å². The third-order valence-corrected chi connectivity index (χ3v) is 3.50. The molecule has 1 fully saturated rings. The molecule has 1 aromatic carbocycles. The molecule has 0 radical (unpaired) electrons. The summed E-state index contributed by atoms with van der Waals surface area (Å²) in [7, 11) is 0. The second kappa shape index (κ2) is 7.70. The average molecular weight is 256 g/mol. The van der Waals surface area contributed by atoms with Crippen molar-refractivity contribution in [3.05, 3.63) is 35.9 Å². The highest BCUT2D eigenvalue weighted by Crippen LogP contribution is 2.19. The number of hydrogen-bond donors (Lipinski definition) is 2. The van der Waals surface area contributed by atoms with Gasteiger partial charge >= 0.3 is 0 Å². The van der Waals surface area contributed by atoms with Crippen LogP contribution in [0.3, 0.4) is 0 Å². The van der Waals surface area contributed by atoms with Gasteiger partial charge in [0, 0.05) is 0 Å². The van der Waals surface area contributed by atoms with Crippen LogP contribution in [0.1, 0.15) is 24.8 Å². The Labute approximate surface area is 110 Å². The van der Waals surface area contributed by atoms with Gasteiger partial charge in [0.15, 0.2) is 0 Å². The van der Waals surface area contributed by atoms with E-state index >= 15 is 0 Å². The van der Waals surface area contributed by atoms with Gasteiger partial charge in [0.25, 0.3) is 0 Å². The first-order valence-corrected chi connectivity index (χ1v) is 6.29. The quantitative estimate of drug-likeness (QED) is 0.866. The maximum Gasteiger partial charge on any atom is 0.0572 e. The Morgan fingerprint density at radius 1 is 1.18 bits per heavy atom. The van der Waals surface area contributed by atoms with E-state index in [1.54, 1.807) is 0 Å². The predicted octanol–water partition coefficient (Wildman–Crippen LogP) is 2.40. The van der Waals surface area contributed by atoms with E-state index < -0.39 is 0 Å². The van der Waals surface area contributed by atoms with Gasteiger partial charge < -0.3 is 10.4 Å². The van der Waals surface area contributed by atoms with Gasteiger partial charge in [-0.1, -0.05) is 30.3 Å². The lowest BCUT2D eigenvalue weighted by Gasteiger charge is -2.27. The van der Waals surface area contributed by atoms with E-state index in [1.807, 2.05) is 6.07 Å². The van der Waals surface area contributed by atoms with Crippen molar-refractivity contribution in [1.82, 2.24) is 5.32 Å². The van der Waals surface area contributed by atoms with Gasteiger partial charge in [0.1, 0.15) is 0 Å². The molecule has 1 heterocycles. The zero-order valence-corrected chi connectivity index (χ0v) is 11.0. The second-order valence-corrected chi connectivity index (χ2v) is 4.68. The second-order valence-electron chi connectivity index (χ2n) is 4.68. The van der Waals surface area contributed by atoms with Crippen LogP contribution in [0, 0.1) is 5.92 Å². The van der Waals surface area contributed by atoms with E-state index in [1.165, 1.54) is 5.56 Å². The molecule has 1 aliphatic heterocycles. The van der Waals surface area contributed by atoms with E-state index in [0.29, 0.717) is 5.92 Å². The number of halogens is 1. The number of rotatable bonds is 4. The summed E-state index contributed by atoms with van der Waals surface area (Å²) in [5.74, 6) is 0.505. The lowest BCUT2D eigenvalue weighted by molar-refractivity contribution is 0.0813. The fourth-order valence-corrected chi connectivity index (χ4v) is 2.42. The van der Waals surface area contributed by atoms with Crippen molar-refractivity contribution in [2.45, 2.75) is 31.8 Å². The zero-order valence-electron chi connectivity index (χ0n) is 10.1. The van der Waals surface area contributed by atoms with Crippen molar-refractivity contribution in [2.24, 2.45) is 5.92 Å². The molecule has 0 aliphatic carbocycles. The molecule has 0 aromatic heterocycles. The molecule has 3 heteroatoms. The van der Waals surface area contributed by atoms with Crippen LogP contribution in [0.5, 0.6) is 0 Å². The summed E-state index contributed by atoms with van der Waals surface area (Å²) >= 11 is 0. The first-order valence-electron chi connectivity index (χ1n) is 6.29. The van der Waals surface area contributed by atoms with Crippen molar-refractivity contribution in [1.29, 1.82) is 0 Å². The molecule has 0 amide bonds. The van der Waals surface area contributed by atoms with E-state index in [9.17, 15) is 5.11 Å². The molecule has 1 aliphatic rings. The lowest BCUT2D eigenvalue weighted by atomic mass is 9.89. The Morgan fingerprint density at radius 3 is 2.47 bits per heavy atom. The molecule has 1 atom stereocenters. The van der Waals surface area contributed by atoms with Crippen molar-refractivity contribution >= 4 is 12.4 Å². The number of aliphatic hydroxyl groups excluding tert-OH is 1. The Bertz CT molecular complexity index is 298. The van der Waals surface area contributed by atoms with E-state index in [0.717, 1.165) is 38.8 Å². The average Bonchev–Trinajstić information content (AvgIpc) is 2.38. The molecule has 2 rings (SSSR count). The first-order chi connectivity index (χ1) is 7.86. The van der Waals surface area contributed by atoms with Gasteiger partial charge in [0.05, 0.1) is 6.10 Å². The largest absolute Gasteiger partial charge is 0.393 e. The number of hydrogen-bond acceptors (Lipinski definition) is 2. The number of aryl methyl sites for hydroxylation is 1. The predicted molar refractivity (Wildman–Crippen MR) is 73.6 cm³/mol. The molecule has 0 saturated carbocycles. The third-order valence-electron chi connectivity index (χ3n) is 3.50. The molecule has 1 saturated heterocycles. The van der Waals surface area contributed by atoms with E-state index in [4.69, 9.17) is 0 Å². The van der Waals surface area contributed by atoms with Gasteiger partial charge in [-0.2, -0.15) is 0 Å². The van der Waals surface area contributed by atoms with Crippen molar-refractivity contribution < 1.29 is 5.11 Å². The highest BCUT2D eigenvalue weighted by atomic mass is 35.5. The van der Waals surface area contributed by atoms with Crippen molar-refractivity contribution in [3.63, 3.8) is 0 Å². The summed E-state index contributed by atoms with van der Waals surface area (Å²) in [6.07, 6.45) is 4.01. The molecule has 0 bridgehead atoms. The molecular weight excluding hydrogens is 234 g/mol. The van der Waals surface area contributed by atoms with Crippen LogP contribution in [0.25, 0.3) is 0 Å². The highest BCUT2D eigenvalue weighted by molar-refractivity contribution is 5.85. The number of benzene rings is 1. The van der Waals surface area contributed by atoms with Crippen LogP contribution >= 0.6 is 12.4 Å². The normalized spacial score (nSPS) is 18.4. The van der Waals surface area contributed by atoms with Gasteiger partial charge in [-0.3, -0.25) is 0 Å².